The zero-order chi connectivity index (χ0) is 12.0. The number of fused-ring (bicyclic) bond motifs is 1. The third kappa shape index (κ3) is 1.79. The summed E-state index contributed by atoms with van der Waals surface area (Å²) >= 11 is 0. The third-order valence-electron chi connectivity index (χ3n) is 4.22. The van der Waals surface area contributed by atoms with Gasteiger partial charge in [0, 0.05) is 0 Å². The van der Waals surface area contributed by atoms with Crippen LogP contribution in [0.3, 0.4) is 0 Å². The maximum atomic E-state index is 3.44. The molecule has 0 aliphatic heterocycles. The Morgan fingerprint density at radius 1 is 1.06 bits per heavy atom. The van der Waals surface area contributed by atoms with E-state index in [0.717, 1.165) is 6.42 Å². The number of aryl methyl sites for hydroxylation is 1. The molecule has 0 spiro atoms. The maximum absolute atomic E-state index is 3.44. The molecule has 0 unspecified atom stereocenters. The van der Waals surface area contributed by atoms with E-state index < -0.39 is 0 Å². The van der Waals surface area contributed by atoms with Crippen LogP contribution < -0.4 is 0 Å². The normalized spacial score (nSPS) is 21.6. The molecular formula is C16H23. The predicted octanol–water partition coefficient (Wildman–Crippen LogP) is 4.40. The van der Waals surface area contributed by atoms with Crippen LogP contribution >= 0.6 is 0 Å². The summed E-state index contributed by atoms with van der Waals surface area (Å²) in [6.45, 7) is 11.7. The lowest BCUT2D eigenvalue weighted by molar-refractivity contribution is 0.331. The second-order valence-corrected chi connectivity index (χ2v) is 6.41. The first-order chi connectivity index (χ1) is 7.37. The van der Waals surface area contributed by atoms with Crippen molar-refractivity contribution in [3.05, 3.63) is 34.9 Å². The van der Waals surface area contributed by atoms with Crippen molar-refractivity contribution in [3.8, 4) is 0 Å². The molecule has 0 bridgehead atoms. The van der Waals surface area contributed by atoms with E-state index in [1.54, 1.807) is 5.56 Å². The van der Waals surface area contributed by atoms with Crippen molar-refractivity contribution < 1.29 is 0 Å². The second-order valence-electron chi connectivity index (χ2n) is 6.41. The summed E-state index contributed by atoms with van der Waals surface area (Å²) in [6.07, 6.45) is 3.66. The molecule has 1 aliphatic rings. The Bertz CT molecular complexity index is 396. The van der Waals surface area contributed by atoms with Crippen LogP contribution in [-0.2, 0) is 17.3 Å². The van der Waals surface area contributed by atoms with Gasteiger partial charge >= 0.3 is 0 Å². The highest BCUT2D eigenvalue weighted by atomic mass is 14.4. The molecule has 16 heavy (non-hydrogen) atoms. The van der Waals surface area contributed by atoms with Crippen molar-refractivity contribution in [2.45, 2.75) is 64.7 Å². The van der Waals surface area contributed by atoms with Crippen LogP contribution in [-0.4, -0.2) is 0 Å². The van der Waals surface area contributed by atoms with Gasteiger partial charge < -0.3 is 0 Å². The van der Waals surface area contributed by atoms with E-state index >= 15 is 0 Å². The molecule has 0 saturated heterocycles. The fraction of sp³-hybridized carbons (Fsp3) is 0.625. The molecule has 1 aromatic rings. The largest absolute Gasteiger partial charge is 0.0613 e. The maximum Gasteiger partial charge on any atom is -0.0100 e. The van der Waals surface area contributed by atoms with Gasteiger partial charge in [-0.05, 0) is 52.8 Å². The Kier molecular flexibility index (Phi) is 2.64. The molecule has 0 fully saturated rings. The highest BCUT2D eigenvalue weighted by molar-refractivity contribution is 5.43. The summed E-state index contributed by atoms with van der Waals surface area (Å²) in [7, 11) is 0. The molecule has 0 N–H and O–H groups in total. The molecule has 0 atom stereocenters. The van der Waals surface area contributed by atoms with Crippen LogP contribution in [0, 0.1) is 6.07 Å². The topological polar surface area (TPSA) is 0 Å². The summed E-state index contributed by atoms with van der Waals surface area (Å²) < 4.78 is 0. The smallest absolute Gasteiger partial charge is 0.0100 e. The first-order valence-corrected chi connectivity index (χ1v) is 6.42. The van der Waals surface area contributed by atoms with Gasteiger partial charge in [-0.3, -0.25) is 0 Å². The Hall–Kier alpha value is -0.780. The molecule has 0 nitrogen and oxygen atoms in total. The van der Waals surface area contributed by atoms with E-state index in [4.69, 9.17) is 0 Å². The molecule has 0 saturated carbocycles. The van der Waals surface area contributed by atoms with Crippen LogP contribution in [0.2, 0.25) is 0 Å². The molecule has 0 amide bonds. The fourth-order valence-electron chi connectivity index (χ4n) is 2.75. The minimum absolute atomic E-state index is 0.327. The summed E-state index contributed by atoms with van der Waals surface area (Å²) in [5.41, 5.74) is 5.09. The SMILES string of the molecule is CCc1[c]cc2c(c1)C(C)(C)CCC2(C)C. The minimum atomic E-state index is 0.327. The first-order valence-electron chi connectivity index (χ1n) is 6.42. The Morgan fingerprint density at radius 2 is 1.62 bits per heavy atom. The van der Waals surface area contributed by atoms with Crippen LogP contribution in [0.5, 0.6) is 0 Å². The Balaban J connectivity index is 2.60. The van der Waals surface area contributed by atoms with E-state index in [1.807, 2.05) is 0 Å². The van der Waals surface area contributed by atoms with E-state index in [9.17, 15) is 0 Å². The van der Waals surface area contributed by atoms with Crippen LogP contribution in [0.25, 0.3) is 0 Å². The molecule has 1 radical (unpaired) electrons. The zero-order valence-electron chi connectivity index (χ0n) is 11.3. The average molecular weight is 215 g/mol. The predicted molar refractivity (Wildman–Crippen MR) is 69.9 cm³/mol. The van der Waals surface area contributed by atoms with Gasteiger partial charge in [0.25, 0.3) is 0 Å². The lowest BCUT2D eigenvalue weighted by Gasteiger charge is -2.42. The quantitative estimate of drug-likeness (QED) is 0.651. The van der Waals surface area contributed by atoms with Gasteiger partial charge in [-0.25, -0.2) is 0 Å². The Morgan fingerprint density at radius 3 is 2.19 bits per heavy atom. The zero-order valence-corrected chi connectivity index (χ0v) is 11.3. The van der Waals surface area contributed by atoms with Gasteiger partial charge in [-0.15, -0.1) is 0 Å². The molecule has 1 aliphatic carbocycles. The van der Waals surface area contributed by atoms with Crippen molar-refractivity contribution >= 4 is 0 Å². The van der Waals surface area contributed by atoms with Gasteiger partial charge in [0.2, 0.25) is 0 Å². The molecule has 0 aromatic heterocycles. The van der Waals surface area contributed by atoms with Crippen molar-refractivity contribution in [2.75, 3.05) is 0 Å². The van der Waals surface area contributed by atoms with E-state index in [0.29, 0.717) is 10.8 Å². The van der Waals surface area contributed by atoms with Crippen LogP contribution in [0.4, 0.5) is 0 Å². The van der Waals surface area contributed by atoms with E-state index in [1.165, 1.54) is 24.0 Å². The van der Waals surface area contributed by atoms with Crippen LogP contribution in [0.1, 0.15) is 64.2 Å². The molecule has 87 valence electrons. The standard InChI is InChI=1S/C16H23/c1-6-12-7-8-13-14(11-12)16(4,5)10-9-15(13,2)3/h8,11H,6,9-10H2,1-5H3. The van der Waals surface area contributed by atoms with Crippen molar-refractivity contribution in [1.29, 1.82) is 0 Å². The van der Waals surface area contributed by atoms with Gasteiger partial charge in [-0.2, -0.15) is 0 Å². The monoisotopic (exact) mass is 215 g/mol. The van der Waals surface area contributed by atoms with Crippen molar-refractivity contribution in [2.24, 2.45) is 0 Å². The highest BCUT2D eigenvalue weighted by Gasteiger charge is 2.36. The van der Waals surface area contributed by atoms with Gasteiger partial charge in [-0.1, -0.05) is 46.8 Å². The second kappa shape index (κ2) is 3.61. The first kappa shape index (κ1) is 11.7. The summed E-state index contributed by atoms with van der Waals surface area (Å²) in [5, 5.41) is 0. The molecular weight excluding hydrogens is 192 g/mol. The van der Waals surface area contributed by atoms with Crippen LogP contribution in [0.15, 0.2) is 12.1 Å². The number of hydrogen-bond donors (Lipinski definition) is 0. The summed E-state index contributed by atoms with van der Waals surface area (Å²) in [5.74, 6) is 0. The van der Waals surface area contributed by atoms with E-state index in [2.05, 4.69) is 52.8 Å². The van der Waals surface area contributed by atoms with Crippen molar-refractivity contribution in [3.63, 3.8) is 0 Å². The van der Waals surface area contributed by atoms with E-state index in [-0.39, 0.29) is 0 Å². The molecule has 0 heterocycles. The minimum Gasteiger partial charge on any atom is -0.0613 e. The van der Waals surface area contributed by atoms with Gasteiger partial charge in [0.15, 0.2) is 0 Å². The molecule has 1 aromatic carbocycles. The summed E-state index contributed by atoms with van der Waals surface area (Å²) in [6, 6.07) is 8.07. The average Bonchev–Trinajstić information content (AvgIpc) is 2.24. The van der Waals surface area contributed by atoms with Gasteiger partial charge in [0.1, 0.15) is 0 Å². The van der Waals surface area contributed by atoms with Gasteiger partial charge in [0.05, 0.1) is 0 Å². The van der Waals surface area contributed by atoms with Crippen molar-refractivity contribution in [1.82, 2.24) is 0 Å². The number of hydrogen-bond acceptors (Lipinski definition) is 0. The highest BCUT2D eigenvalue weighted by Crippen LogP contribution is 2.45. The summed E-state index contributed by atoms with van der Waals surface area (Å²) in [4.78, 5) is 0. The Labute approximate surface area is 100 Å². The molecule has 0 heteroatoms. The fourth-order valence-corrected chi connectivity index (χ4v) is 2.75. The number of benzene rings is 1. The third-order valence-corrected chi connectivity index (χ3v) is 4.22. The lowest BCUT2D eigenvalue weighted by atomic mass is 9.63. The molecule has 2 rings (SSSR count). The number of rotatable bonds is 1. The lowest BCUT2D eigenvalue weighted by Crippen LogP contribution is -2.33.